The number of carbonyl (C=O) groups excluding carboxylic acids is 2. The first-order valence-corrected chi connectivity index (χ1v) is 9.01. The maximum atomic E-state index is 12.7. The minimum Gasteiger partial charge on any atom is -0.468 e. The number of carbonyl (C=O) groups is 2. The number of hydrogen-bond donors (Lipinski definition) is 2. The number of pyridine rings is 1. The molecule has 0 radical (unpaired) electrons. The summed E-state index contributed by atoms with van der Waals surface area (Å²) < 4.78 is 5.26. The SMILES string of the molecule is COC(=O)CNC(=O)c1c[nH]c2cc(Cc3ccccc3)c(Br)cc2c1=O. The van der Waals surface area contributed by atoms with Crippen LogP contribution in [0, 0.1) is 0 Å². The maximum absolute atomic E-state index is 12.7. The molecule has 0 aliphatic heterocycles. The highest BCUT2D eigenvalue weighted by Crippen LogP contribution is 2.24. The van der Waals surface area contributed by atoms with Gasteiger partial charge in [0.1, 0.15) is 12.1 Å². The van der Waals surface area contributed by atoms with Gasteiger partial charge in [-0.25, -0.2) is 0 Å². The Morgan fingerprint density at radius 3 is 2.63 bits per heavy atom. The van der Waals surface area contributed by atoms with Crippen molar-refractivity contribution in [3.05, 3.63) is 80.0 Å². The second-order valence-corrected chi connectivity index (χ2v) is 6.80. The van der Waals surface area contributed by atoms with Gasteiger partial charge >= 0.3 is 5.97 Å². The van der Waals surface area contributed by atoms with Crippen LogP contribution in [-0.2, 0) is 16.0 Å². The monoisotopic (exact) mass is 428 g/mol. The lowest BCUT2D eigenvalue weighted by Crippen LogP contribution is -2.33. The lowest BCUT2D eigenvalue weighted by Gasteiger charge is -2.09. The molecule has 1 aromatic heterocycles. The third-order valence-electron chi connectivity index (χ3n) is 4.15. The Kier molecular flexibility index (Phi) is 5.71. The second-order valence-electron chi connectivity index (χ2n) is 5.94. The molecule has 0 saturated heterocycles. The molecule has 0 aliphatic carbocycles. The highest BCUT2D eigenvalue weighted by Gasteiger charge is 2.15. The molecular formula is C20H17BrN2O4. The van der Waals surface area contributed by atoms with E-state index in [0.29, 0.717) is 17.3 Å². The molecule has 7 heteroatoms. The first-order valence-electron chi connectivity index (χ1n) is 8.22. The van der Waals surface area contributed by atoms with Crippen molar-refractivity contribution >= 4 is 38.7 Å². The number of nitrogens with one attached hydrogen (secondary N) is 2. The molecule has 0 bridgehead atoms. The van der Waals surface area contributed by atoms with Crippen LogP contribution in [0.2, 0.25) is 0 Å². The van der Waals surface area contributed by atoms with Crippen LogP contribution < -0.4 is 10.7 Å². The van der Waals surface area contributed by atoms with Crippen LogP contribution >= 0.6 is 15.9 Å². The van der Waals surface area contributed by atoms with Crippen LogP contribution in [0.3, 0.4) is 0 Å². The van der Waals surface area contributed by atoms with Crippen LogP contribution in [-0.4, -0.2) is 30.5 Å². The molecule has 6 nitrogen and oxygen atoms in total. The van der Waals surface area contributed by atoms with Crippen molar-refractivity contribution in [1.82, 2.24) is 10.3 Å². The topological polar surface area (TPSA) is 88.3 Å². The first-order chi connectivity index (χ1) is 13.0. The molecule has 2 aromatic carbocycles. The van der Waals surface area contributed by atoms with Crippen molar-refractivity contribution in [3.8, 4) is 0 Å². The third kappa shape index (κ3) is 4.25. The lowest BCUT2D eigenvalue weighted by molar-refractivity contribution is -0.139. The molecule has 27 heavy (non-hydrogen) atoms. The Morgan fingerprint density at radius 1 is 1.19 bits per heavy atom. The Balaban J connectivity index is 1.92. The number of fused-ring (bicyclic) bond motifs is 1. The zero-order valence-electron chi connectivity index (χ0n) is 14.5. The highest BCUT2D eigenvalue weighted by molar-refractivity contribution is 9.10. The molecule has 0 unspecified atom stereocenters. The molecule has 0 spiro atoms. The van der Waals surface area contributed by atoms with Crippen molar-refractivity contribution in [2.24, 2.45) is 0 Å². The third-order valence-corrected chi connectivity index (χ3v) is 4.89. The average Bonchev–Trinajstić information content (AvgIpc) is 2.68. The summed E-state index contributed by atoms with van der Waals surface area (Å²) >= 11 is 3.52. The van der Waals surface area contributed by atoms with Gasteiger partial charge in [-0.1, -0.05) is 46.3 Å². The number of benzene rings is 2. The highest BCUT2D eigenvalue weighted by atomic mass is 79.9. The van der Waals surface area contributed by atoms with Gasteiger partial charge in [0.15, 0.2) is 0 Å². The minimum absolute atomic E-state index is 0.0610. The van der Waals surface area contributed by atoms with E-state index in [1.165, 1.54) is 13.3 Å². The van der Waals surface area contributed by atoms with E-state index in [1.54, 1.807) is 6.07 Å². The summed E-state index contributed by atoms with van der Waals surface area (Å²) in [5.41, 5.74) is 2.34. The Morgan fingerprint density at radius 2 is 1.93 bits per heavy atom. The van der Waals surface area contributed by atoms with Gasteiger partial charge in [0.2, 0.25) is 5.43 Å². The Bertz CT molecular complexity index is 1060. The molecule has 3 aromatic rings. The molecular weight excluding hydrogens is 412 g/mol. The number of rotatable bonds is 5. The summed E-state index contributed by atoms with van der Waals surface area (Å²) in [6, 6.07) is 13.6. The molecule has 1 amide bonds. The number of hydrogen-bond acceptors (Lipinski definition) is 4. The number of ether oxygens (including phenoxy) is 1. The molecule has 0 aliphatic rings. The van der Waals surface area contributed by atoms with Gasteiger partial charge in [-0.3, -0.25) is 14.4 Å². The van der Waals surface area contributed by atoms with Gasteiger partial charge in [-0.15, -0.1) is 0 Å². The Hall–Kier alpha value is -2.93. The van der Waals surface area contributed by atoms with Crippen LogP contribution in [0.4, 0.5) is 0 Å². The van der Waals surface area contributed by atoms with Gasteiger partial charge < -0.3 is 15.0 Å². The second kappa shape index (κ2) is 8.18. The van der Waals surface area contributed by atoms with E-state index in [9.17, 15) is 14.4 Å². The van der Waals surface area contributed by atoms with E-state index in [1.807, 2.05) is 36.4 Å². The van der Waals surface area contributed by atoms with Crippen molar-refractivity contribution < 1.29 is 14.3 Å². The summed E-state index contributed by atoms with van der Waals surface area (Å²) in [5, 5.41) is 2.76. The zero-order chi connectivity index (χ0) is 19.4. The molecule has 3 rings (SSSR count). The summed E-state index contributed by atoms with van der Waals surface area (Å²) in [7, 11) is 1.22. The molecule has 2 N–H and O–H groups in total. The number of H-pyrrole nitrogens is 1. The fourth-order valence-corrected chi connectivity index (χ4v) is 3.21. The smallest absolute Gasteiger partial charge is 0.325 e. The van der Waals surface area contributed by atoms with Gasteiger partial charge in [-0.2, -0.15) is 0 Å². The van der Waals surface area contributed by atoms with E-state index in [2.05, 4.69) is 31.0 Å². The fourth-order valence-electron chi connectivity index (χ4n) is 2.73. The van der Waals surface area contributed by atoms with Gasteiger partial charge in [0.25, 0.3) is 5.91 Å². The van der Waals surface area contributed by atoms with Crippen molar-refractivity contribution in [2.75, 3.05) is 13.7 Å². The van der Waals surface area contributed by atoms with Crippen LogP contribution in [0.25, 0.3) is 10.9 Å². The number of amides is 1. The molecule has 0 fully saturated rings. The average molecular weight is 429 g/mol. The van der Waals surface area contributed by atoms with Crippen molar-refractivity contribution in [3.63, 3.8) is 0 Å². The van der Waals surface area contributed by atoms with E-state index in [0.717, 1.165) is 15.6 Å². The minimum atomic E-state index is -0.631. The predicted molar refractivity (Wildman–Crippen MR) is 106 cm³/mol. The van der Waals surface area contributed by atoms with Crippen LogP contribution in [0.15, 0.2) is 57.9 Å². The lowest BCUT2D eigenvalue weighted by atomic mass is 10.0. The summed E-state index contributed by atoms with van der Waals surface area (Å²) in [6.07, 6.45) is 2.07. The summed E-state index contributed by atoms with van der Waals surface area (Å²) in [6.45, 7) is -0.299. The van der Waals surface area contributed by atoms with E-state index < -0.39 is 17.3 Å². The normalized spacial score (nSPS) is 10.6. The maximum Gasteiger partial charge on any atom is 0.325 e. The van der Waals surface area contributed by atoms with Crippen molar-refractivity contribution in [1.29, 1.82) is 0 Å². The van der Waals surface area contributed by atoms with Crippen molar-refractivity contribution in [2.45, 2.75) is 6.42 Å². The number of methoxy groups -OCH3 is 1. The van der Waals surface area contributed by atoms with Crippen LogP contribution in [0.1, 0.15) is 21.5 Å². The van der Waals surface area contributed by atoms with E-state index in [4.69, 9.17) is 0 Å². The zero-order valence-corrected chi connectivity index (χ0v) is 16.1. The first kappa shape index (κ1) is 18.8. The largest absolute Gasteiger partial charge is 0.468 e. The predicted octanol–water partition coefficient (Wildman–Crippen LogP) is 2.78. The molecule has 138 valence electrons. The van der Waals surface area contributed by atoms with Crippen LogP contribution in [0.5, 0.6) is 0 Å². The standard InChI is InChI=1S/C20H17BrN2O4/c1-27-18(24)11-23-20(26)15-10-22-17-8-13(7-12-5-3-2-4-6-12)16(21)9-14(17)19(15)25/h2-6,8-10H,7,11H2,1H3,(H,22,25)(H,23,26). The number of aromatic amines is 1. The molecule has 0 saturated carbocycles. The number of halogens is 1. The van der Waals surface area contributed by atoms with Gasteiger partial charge in [0.05, 0.1) is 7.11 Å². The van der Waals surface area contributed by atoms with E-state index >= 15 is 0 Å². The quantitative estimate of drug-likeness (QED) is 0.611. The fraction of sp³-hybridized carbons (Fsp3) is 0.150. The number of esters is 1. The van der Waals surface area contributed by atoms with Gasteiger partial charge in [-0.05, 0) is 29.7 Å². The summed E-state index contributed by atoms with van der Waals surface area (Å²) in [4.78, 5) is 39.0. The summed E-state index contributed by atoms with van der Waals surface area (Å²) in [5.74, 6) is -1.22. The van der Waals surface area contributed by atoms with E-state index in [-0.39, 0.29) is 12.1 Å². The molecule has 0 atom stereocenters. The molecule has 1 heterocycles. The Labute approximate surface area is 163 Å². The number of aromatic nitrogens is 1. The van der Waals surface area contributed by atoms with Gasteiger partial charge in [0, 0.05) is 21.6 Å².